The van der Waals surface area contributed by atoms with E-state index in [1.54, 1.807) is 0 Å². The number of nitrogens with two attached hydrogens (primary N) is 1. The summed E-state index contributed by atoms with van der Waals surface area (Å²) in [4.78, 5) is 0. The molecule has 2 nitrogen and oxygen atoms in total. The molecule has 0 heterocycles. The summed E-state index contributed by atoms with van der Waals surface area (Å²) in [7, 11) is 0. The van der Waals surface area contributed by atoms with Gasteiger partial charge in [-0.2, -0.15) is 0 Å². The normalized spacial score (nSPS) is 11.8. The Labute approximate surface area is 81.9 Å². The van der Waals surface area contributed by atoms with E-state index in [1.807, 2.05) is 12.3 Å². The highest BCUT2D eigenvalue weighted by Crippen LogP contribution is 2.06. The zero-order valence-corrected chi connectivity index (χ0v) is 8.84. The van der Waals surface area contributed by atoms with Crippen LogP contribution in [0.2, 0.25) is 0 Å². The van der Waals surface area contributed by atoms with Crippen LogP contribution in [0.3, 0.4) is 0 Å². The van der Waals surface area contributed by atoms with E-state index in [-0.39, 0.29) is 0 Å². The number of hydrogen-bond donors (Lipinski definition) is 2. The first-order valence-corrected chi connectivity index (χ1v) is 4.95. The fourth-order valence-electron chi connectivity index (χ4n) is 0.916. The Bertz CT molecular complexity index is 159. The highest BCUT2D eigenvalue weighted by Gasteiger charge is 1.94. The van der Waals surface area contributed by atoms with E-state index in [0.29, 0.717) is 0 Å². The van der Waals surface area contributed by atoms with Crippen molar-refractivity contribution in [1.29, 1.82) is 0 Å². The fourth-order valence-corrected chi connectivity index (χ4v) is 0.916. The first-order valence-electron chi connectivity index (χ1n) is 4.95. The molecule has 0 saturated carbocycles. The lowest BCUT2D eigenvalue weighted by Gasteiger charge is -2.05. The smallest absolute Gasteiger partial charge is 0.0240 e. The van der Waals surface area contributed by atoms with Gasteiger partial charge in [-0.1, -0.05) is 19.9 Å². The third kappa shape index (κ3) is 8.99. The predicted octanol–water partition coefficient (Wildman–Crippen LogP) is 2.39. The molecule has 0 aromatic rings. The molecule has 0 amide bonds. The third-order valence-electron chi connectivity index (χ3n) is 1.79. The summed E-state index contributed by atoms with van der Waals surface area (Å²) in [6.45, 7) is 8.98. The first-order chi connectivity index (χ1) is 6.16. The van der Waals surface area contributed by atoms with Gasteiger partial charge in [0.25, 0.3) is 0 Å². The molecule has 0 aliphatic rings. The van der Waals surface area contributed by atoms with E-state index in [4.69, 9.17) is 5.73 Å². The maximum atomic E-state index is 5.78. The lowest BCUT2D eigenvalue weighted by atomic mass is 10.1. The molecule has 3 N–H and O–H groups in total. The van der Waals surface area contributed by atoms with Gasteiger partial charge in [0.2, 0.25) is 0 Å². The first kappa shape index (κ1) is 12.1. The van der Waals surface area contributed by atoms with E-state index >= 15 is 0 Å². The maximum absolute atomic E-state index is 5.78. The molecule has 0 radical (unpaired) electrons. The average Bonchev–Trinajstić information content (AvgIpc) is 2.09. The van der Waals surface area contributed by atoms with E-state index in [9.17, 15) is 0 Å². The van der Waals surface area contributed by atoms with Gasteiger partial charge in [-0.3, -0.25) is 0 Å². The van der Waals surface area contributed by atoms with Crippen molar-refractivity contribution >= 4 is 0 Å². The molecule has 0 bridgehead atoms. The molecule has 0 aromatic heterocycles. The molecule has 0 fully saturated rings. The van der Waals surface area contributed by atoms with Crippen LogP contribution < -0.4 is 11.1 Å². The Morgan fingerprint density at radius 1 is 1.54 bits per heavy atom. The highest BCUT2D eigenvalue weighted by molar-refractivity contribution is 4.94. The molecule has 13 heavy (non-hydrogen) atoms. The second-order valence-electron chi connectivity index (χ2n) is 3.68. The van der Waals surface area contributed by atoms with Crippen LogP contribution in [0.4, 0.5) is 0 Å². The summed E-state index contributed by atoms with van der Waals surface area (Å²) < 4.78 is 0. The molecule has 0 unspecified atom stereocenters. The molecule has 0 aliphatic heterocycles. The Morgan fingerprint density at radius 3 is 2.77 bits per heavy atom. The van der Waals surface area contributed by atoms with Crippen LogP contribution in [-0.4, -0.2) is 6.54 Å². The zero-order chi connectivity index (χ0) is 10.1. The van der Waals surface area contributed by atoms with Crippen LogP contribution in [-0.2, 0) is 0 Å². The minimum absolute atomic E-state index is 0.722. The molecule has 2 heteroatoms. The largest absolute Gasteiger partial charge is 0.401 e. The van der Waals surface area contributed by atoms with Gasteiger partial charge >= 0.3 is 0 Å². The van der Waals surface area contributed by atoms with Crippen molar-refractivity contribution in [3.63, 3.8) is 0 Å². The lowest BCUT2D eigenvalue weighted by molar-refractivity contribution is 0.581. The van der Waals surface area contributed by atoms with Crippen LogP contribution in [0.25, 0.3) is 0 Å². The highest BCUT2D eigenvalue weighted by atomic mass is 14.8. The number of hydrogen-bond acceptors (Lipinski definition) is 2. The van der Waals surface area contributed by atoms with Crippen molar-refractivity contribution in [1.82, 2.24) is 5.32 Å². The van der Waals surface area contributed by atoms with Crippen molar-refractivity contribution in [3.8, 4) is 0 Å². The van der Waals surface area contributed by atoms with Gasteiger partial charge in [0.05, 0.1) is 0 Å². The monoisotopic (exact) mass is 182 g/mol. The molecule has 76 valence electrons. The van der Waals surface area contributed by atoms with Gasteiger partial charge in [-0.05, 0) is 25.2 Å². The fraction of sp³-hybridized carbons (Fsp3) is 0.636. The summed E-state index contributed by atoms with van der Waals surface area (Å²) in [6.07, 6.45) is 6.93. The van der Waals surface area contributed by atoms with Gasteiger partial charge in [0.1, 0.15) is 0 Å². The Hall–Kier alpha value is -0.920. The van der Waals surface area contributed by atoms with Gasteiger partial charge in [-0.15, -0.1) is 6.58 Å². The van der Waals surface area contributed by atoms with Gasteiger partial charge in [0.15, 0.2) is 0 Å². The van der Waals surface area contributed by atoms with Crippen molar-refractivity contribution in [2.75, 3.05) is 6.54 Å². The molecule has 0 aliphatic carbocycles. The average molecular weight is 182 g/mol. The minimum Gasteiger partial charge on any atom is -0.401 e. The van der Waals surface area contributed by atoms with Gasteiger partial charge in [-0.25, -0.2) is 0 Å². The molecule has 0 saturated heterocycles. The number of nitrogens with one attached hydrogen (secondary N) is 1. The molecular formula is C11H22N2. The molecule has 0 spiro atoms. The van der Waals surface area contributed by atoms with Crippen molar-refractivity contribution < 1.29 is 0 Å². The Morgan fingerprint density at radius 2 is 2.23 bits per heavy atom. The minimum atomic E-state index is 0.722. The topological polar surface area (TPSA) is 38.0 Å². The predicted molar refractivity (Wildman–Crippen MR) is 59.2 cm³/mol. The summed E-state index contributed by atoms with van der Waals surface area (Å²) >= 11 is 0. The summed E-state index contributed by atoms with van der Waals surface area (Å²) in [5.41, 5.74) is 6.72. The SMILES string of the molecule is C=CCCN/C=C(\N)CCC(C)C. The standard InChI is InChI=1S/C11H22N2/c1-4-5-8-13-9-11(12)7-6-10(2)3/h4,9-10,13H,1,5-8,12H2,2-3H3/b11-9-. The Balaban J connectivity index is 3.45. The summed E-state index contributed by atoms with van der Waals surface area (Å²) in [5.74, 6) is 0.722. The van der Waals surface area contributed by atoms with Gasteiger partial charge in [0, 0.05) is 18.4 Å². The lowest BCUT2D eigenvalue weighted by Crippen LogP contribution is -2.11. The second kappa shape index (κ2) is 7.71. The van der Waals surface area contributed by atoms with Crippen LogP contribution in [0.1, 0.15) is 33.1 Å². The van der Waals surface area contributed by atoms with Crippen LogP contribution >= 0.6 is 0 Å². The van der Waals surface area contributed by atoms with Crippen molar-refractivity contribution in [2.45, 2.75) is 33.1 Å². The molecule has 0 rings (SSSR count). The molecule has 0 atom stereocenters. The van der Waals surface area contributed by atoms with Crippen LogP contribution in [0.5, 0.6) is 0 Å². The summed E-state index contributed by atoms with van der Waals surface area (Å²) in [6, 6.07) is 0. The van der Waals surface area contributed by atoms with E-state index in [0.717, 1.165) is 37.4 Å². The van der Waals surface area contributed by atoms with E-state index < -0.39 is 0 Å². The van der Waals surface area contributed by atoms with E-state index in [1.165, 1.54) is 0 Å². The zero-order valence-electron chi connectivity index (χ0n) is 8.84. The quantitative estimate of drug-likeness (QED) is 0.468. The van der Waals surface area contributed by atoms with Crippen LogP contribution in [0.15, 0.2) is 24.6 Å². The summed E-state index contributed by atoms with van der Waals surface area (Å²) in [5, 5.41) is 3.15. The second-order valence-corrected chi connectivity index (χ2v) is 3.68. The maximum Gasteiger partial charge on any atom is 0.0240 e. The van der Waals surface area contributed by atoms with Crippen molar-refractivity contribution in [2.24, 2.45) is 11.7 Å². The molecular weight excluding hydrogens is 160 g/mol. The van der Waals surface area contributed by atoms with Crippen molar-refractivity contribution in [3.05, 3.63) is 24.6 Å². The van der Waals surface area contributed by atoms with Gasteiger partial charge < -0.3 is 11.1 Å². The number of allylic oxidation sites excluding steroid dienone is 1. The van der Waals surface area contributed by atoms with Crippen LogP contribution in [0, 0.1) is 5.92 Å². The molecule has 0 aromatic carbocycles. The number of rotatable bonds is 7. The third-order valence-corrected chi connectivity index (χ3v) is 1.79. The van der Waals surface area contributed by atoms with E-state index in [2.05, 4.69) is 25.7 Å². The Kier molecular flexibility index (Phi) is 7.17.